The van der Waals surface area contributed by atoms with Crippen molar-refractivity contribution in [3.63, 3.8) is 0 Å². The normalized spacial score (nSPS) is 12.7. The third-order valence-electron chi connectivity index (χ3n) is 1.85. The molecule has 4 nitrogen and oxygen atoms in total. The van der Waals surface area contributed by atoms with E-state index in [4.69, 9.17) is 5.11 Å². The van der Waals surface area contributed by atoms with Crippen LogP contribution in [0, 0.1) is 0 Å². The second kappa shape index (κ2) is 7.03. The summed E-state index contributed by atoms with van der Waals surface area (Å²) in [6, 6.07) is 0. The van der Waals surface area contributed by atoms with Gasteiger partial charge in [-0.1, -0.05) is 18.3 Å². The highest BCUT2D eigenvalue weighted by Crippen LogP contribution is 2.24. The number of rotatable bonds is 7. The van der Waals surface area contributed by atoms with Crippen molar-refractivity contribution in [1.29, 1.82) is 0 Å². The van der Waals surface area contributed by atoms with Crippen LogP contribution >= 0.6 is 23.3 Å². The van der Waals surface area contributed by atoms with Gasteiger partial charge in [-0.15, -0.1) is 16.9 Å². The molecule has 0 aliphatic carbocycles. The molecule has 1 aromatic rings. The van der Waals surface area contributed by atoms with Crippen molar-refractivity contribution >= 4 is 28.3 Å². The maximum absolute atomic E-state index is 8.90. The van der Waals surface area contributed by atoms with Crippen molar-refractivity contribution in [2.75, 3.05) is 18.5 Å². The molecule has 0 aromatic carbocycles. The predicted octanol–water partition coefficient (Wildman–Crippen LogP) is 1.97. The monoisotopic (exact) mass is 247 g/mol. The summed E-state index contributed by atoms with van der Waals surface area (Å²) in [6.07, 6.45) is 1.09. The molecule has 0 radical (unpaired) electrons. The first-order valence-electron chi connectivity index (χ1n) is 5.05. The van der Waals surface area contributed by atoms with Crippen LogP contribution < -0.4 is 5.32 Å². The van der Waals surface area contributed by atoms with Gasteiger partial charge in [-0.2, -0.15) is 0 Å². The average Bonchev–Trinajstić information content (AvgIpc) is 2.70. The second-order valence-corrected chi connectivity index (χ2v) is 5.46. The highest BCUT2D eigenvalue weighted by atomic mass is 32.2. The van der Waals surface area contributed by atoms with Crippen molar-refractivity contribution < 1.29 is 5.11 Å². The predicted molar refractivity (Wildman–Crippen MR) is 66.5 cm³/mol. The lowest BCUT2D eigenvalue weighted by Crippen LogP contribution is -2.04. The van der Waals surface area contributed by atoms with Gasteiger partial charge in [-0.05, 0) is 6.42 Å². The van der Waals surface area contributed by atoms with Gasteiger partial charge in [0.1, 0.15) is 10.7 Å². The first kappa shape index (κ1) is 12.7. The molecule has 0 saturated heterocycles. The maximum Gasteiger partial charge on any atom is 0.134 e. The number of anilines is 1. The van der Waals surface area contributed by atoms with Crippen molar-refractivity contribution in [3.05, 3.63) is 5.69 Å². The highest BCUT2D eigenvalue weighted by Gasteiger charge is 2.09. The van der Waals surface area contributed by atoms with E-state index in [1.807, 2.05) is 6.92 Å². The van der Waals surface area contributed by atoms with Crippen LogP contribution in [0.5, 0.6) is 0 Å². The van der Waals surface area contributed by atoms with E-state index in [2.05, 4.69) is 21.8 Å². The summed E-state index contributed by atoms with van der Waals surface area (Å²) in [5.74, 6) is 0.810. The van der Waals surface area contributed by atoms with E-state index in [0.717, 1.165) is 29.4 Å². The molecule has 0 bridgehead atoms. The van der Waals surface area contributed by atoms with Gasteiger partial charge in [0.25, 0.3) is 0 Å². The van der Waals surface area contributed by atoms with Gasteiger partial charge < -0.3 is 10.4 Å². The lowest BCUT2D eigenvalue weighted by atomic mass is 10.4. The zero-order valence-electron chi connectivity index (χ0n) is 9.06. The molecule has 1 aromatic heterocycles. The van der Waals surface area contributed by atoms with Crippen LogP contribution in [0.15, 0.2) is 0 Å². The van der Waals surface area contributed by atoms with Crippen LogP contribution in [0.2, 0.25) is 0 Å². The van der Waals surface area contributed by atoms with E-state index in [1.165, 1.54) is 11.5 Å². The number of nitrogens with one attached hydrogen (secondary N) is 1. The van der Waals surface area contributed by atoms with E-state index >= 15 is 0 Å². The molecule has 86 valence electrons. The van der Waals surface area contributed by atoms with Gasteiger partial charge in [0.2, 0.25) is 0 Å². The molecule has 1 atom stereocenters. The molecule has 0 fully saturated rings. The maximum atomic E-state index is 8.90. The summed E-state index contributed by atoms with van der Waals surface area (Å²) in [7, 11) is 0. The molecule has 0 spiro atoms. The molecule has 1 rings (SSSR count). The third-order valence-corrected chi connectivity index (χ3v) is 3.74. The van der Waals surface area contributed by atoms with E-state index < -0.39 is 0 Å². The van der Waals surface area contributed by atoms with E-state index in [1.54, 1.807) is 11.8 Å². The summed E-state index contributed by atoms with van der Waals surface area (Å²) in [5, 5.41) is 17.6. The molecule has 6 heteroatoms. The number of nitrogens with zero attached hydrogens (tertiary/aromatic N) is 2. The van der Waals surface area contributed by atoms with Crippen LogP contribution in [0.25, 0.3) is 0 Å². The second-order valence-electron chi connectivity index (χ2n) is 3.28. The van der Waals surface area contributed by atoms with Crippen molar-refractivity contribution in [1.82, 2.24) is 9.59 Å². The van der Waals surface area contributed by atoms with Crippen LogP contribution in [-0.4, -0.2) is 33.1 Å². The molecule has 0 aliphatic heterocycles. The molecule has 2 N–H and O–H groups in total. The summed E-state index contributed by atoms with van der Waals surface area (Å²) in [5.41, 5.74) is 0.999. The smallest absolute Gasteiger partial charge is 0.134 e. The highest BCUT2D eigenvalue weighted by molar-refractivity contribution is 7.99. The van der Waals surface area contributed by atoms with E-state index in [0.29, 0.717) is 0 Å². The Morgan fingerprint density at radius 1 is 1.60 bits per heavy atom. The zero-order chi connectivity index (χ0) is 11.1. The summed E-state index contributed by atoms with van der Waals surface area (Å²) in [6.45, 7) is 5.30. The number of hydrogen-bond donors (Lipinski definition) is 2. The largest absolute Gasteiger partial charge is 0.395 e. The summed E-state index contributed by atoms with van der Waals surface area (Å²) in [4.78, 5) is 0. The molecule has 0 aliphatic rings. The topological polar surface area (TPSA) is 58.0 Å². The first-order chi connectivity index (χ1) is 7.27. The standard InChI is InChI=1S/C9H17N3OS2/c1-3-4-10-9-8(11-12-15-9)6-14-7(2)5-13/h7,10,13H,3-6H2,1-2H3. The van der Waals surface area contributed by atoms with E-state index in [-0.39, 0.29) is 11.9 Å². The van der Waals surface area contributed by atoms with Gasteiger partial charge in [0, 0.05) is 29.1 Å². The molecular weight excluding hydrogens is 230 g/mol. The Hall–Kier alpha value is -0.330. The fourth-order valence-electron chi connectivity index (χ4n) is 0.950. The minimum Gasteiger partial charge on any atom is -0.395 e. The fourth-order valence-corrected chi connectivity index (χ4v) is 2.40. The Balaban J connectivity index is 2.42. The third kappa shape index (κ3) is 4.36. The molecule has 1 heterocycles. The Bertz CT molecular complexity index is 280. The van der Waals surface area contributed by atoms with Crippen molar-refractivity contribution in [2.24, 2.45) is 0 Å². The van der Waals surface area contributed by atoms with E-state index in [9.17, 15) is 0 Å². The molecule has 1 unspecified atom stereocenters. The van der Waals surface area contributed by atoms with Crippen LogP contribution in [0.3, 0.4) is 0 Å². The summed E-state index contributed by atoms with van der Waals surface area (Å²) < 4.78 is 3.93. The number of thioether (sulfide) groups is 1. The van der Waals surface area contributed by atoms with Crippen LogP contribution in [0.4, 0.5) is 5.00 Å². The fraction of sp³-hybridized carbons (Fsp3) is 0.778. The number of aromatic nitrogens is 2. The minimum atomic E-state index is 0.208. The van der Waals surface area contributed by atoms with Crippen LogP contribution in [0.1, 0.15) is 26.0 Å². The Kier molecular flexibility index (Phi) is 5.97. The minimum absolute atomic E-state index is 0.208. The van der Waals surface area contributed by atoms with Gasteiger partial charge in [-0.3, -0.25) is 0 Å². The first-order valence-corrected chi connectivity index (χ1v) is 6.87. The summed E-state index contributed by atoms with van der Waals surface area (Å²) >= 11 is 3.10. The SMILES string of the molecule is CCCNc1snnc1CSC(C)CO. The van der Waals surface area contributed by atoms with Gasteiger partial charge >= 0.3 is 0 Å². The molecular formula is C9H17N3OS2. The zero-order valence-corrected chi connectivity index (χ0v) is 10.7. The van der Waals surface area contributed by atoms with Gasteiger partial charge in [0.05, 0.1) is 6.61 Å². The van der Waals surface area contributed by atoms with Crippen molar-refractivity contribution in [2.45, 2.75) is 31.3 Å². The van der Waals surface area contributed by atoms with Crippen LogP contribution in [-0.2, 0) is 5.75 Å². The van der Waals surface area contributed by atoms with Crippen molar-refractivity contribution in [3.8, 4) is 0 Å². The quantitative estimate of drug-likeness (QED) is 0.771. The lowest BCUT2D eigenvalue weighted by Gasteiger charge is -2.07. The average molecular weight is 247 g/mol. The number of aliphatic hydroxyl groups is 1. The number of aliphatic hydroxyl groups excluding tert-OH is 1. The Morgan fingerprint density at radius 2 is 2.40 bits per heavy atom. The Morgan fingerprint density at radius 3 is 3.07 bits per heavy atom. The molecule has 15 heavy (non-hydrogen) atoms. The molecule has 0 amide bonds. The lowest BCUT2D eigenvalue weighted by molar-refractivity contribution is 0.300. The Labute approximate surface area is 98.6 Å². The van der Waals surface area contributed by atoms with Gasteiger partial charge in [-0.25, -0.2) is 0 Å². The molecule has 0 saturated carbocycles. The number of hydrogen-bond acceptors (Lipinski definition) is 6. The van der Waals surface area contributed by atoms with Gasteiger partial charge in [0.15, 0.2) is 0 Å².